The highest BCUT2D eigenvalue weighted by molar-refractivity contribution is 5.85. The van der Waals surface area contributed by atoms with Gasteiger partial charge in [0.1, 0.15) is 0 Å². The van der Waals surface area contributed by atoms with Gasteiger partial charge in [0.2, 0.25) is 5.91 Å². The van der Waals surface area contributed by atoms with E-state index in [0.29, 0.717) is 6.54 Å². The molecular weight excluding hydrogens is 284 g/mol. The Bertz CT molecular complexity index is 443. The maximum atomic E-state index is 12.0. The average Bonchev–Trinajstić information content (AvgIpc) is 2.43. The summed E-state index contributed by atoms with van der Waals surface area (Å²) >= 11 is 0. The molecule has 0 aliphatic carbocycles. The molecule has 0 aromatic heterocycles. The molecule has 1 aromatic carbocycles. The van der Waals surface area contributed by atoms with E-state index < -0.39 is 6.04 Å². The summed E-state index contributed by atoms with van der Waals surface area (Å²) in [5, 5.41) is 2.99. The van der Waals surface area contributed by atoms with Crippen LogP contribution in [0.2, 0.25) is 0 Å². The van der Waals surface area contributed by atoms with Crippen molar-refractivity contribution in [2.45, 2.75) is 52.5 Å². The Labute approximate surface area is 135 Å². The molecule has 1 aromatic rings. The largest absolute Gasteiger partial charge is 0.354 e. The zero-order valence-electron chi connectivity index (χ0n) is 13.8. The van der Waals surface area contributed by atoms with Crippen LogP contribution < -0.4 is 11.1 Å². The lowest BCUT2D eigenvalue weighted by atomic mass is 9.84. The first-order valence-electron chi connectivity index (χ1n) is 7.38. The zero-order chi connectivity index (χ0) is 15.3. The summed E-state index contributed by atoms with van der Waals surface area (Å²) in [5.41, 5.74) is 8.31. The Kier molecular flexibility index (Phi) is 7.98. The minimum Gasteiger partial charge on any atom is -0.354 e. The second-order valence-electron chi connectivity index (χ2n) is 6.38. The fraction of sp³-hybridized carbons (Fsp3) is 0.588. The van der Waals surface area contributed by atoms with E-state index in [1.165, 1.54) is 11.1 Å². The van der Waals surface area contributed by atoms with Gasteiger partial charge in [-0.15, -0.1) is 12.4 Å². The van der Waals surface area contributed by atoms with E-state index in [-0.39, 0.29) is 29.6 Å². The second kappa shape index (κ2) is 8.40. The van der Waals surface area contributed by atoms with Crippen molar-refractivity contribution in [1.82, 2.24) is 5.32 Å². The molecule has 21 heavy (non-hydrogen) atoms. The van der Waals surface area contributed by atoms with Crippen molar-refractivity contribution in [2.75, 3.05) is 6.54 Å². The van der Waals surface area contributed by atoms with E-state index in [9.17, 15) is 4.79 Å². The van der Waals surface area contributed by atoms with Gasteiger partial charge in [-0.1, -0.05) is 63.9 Å². The fourth-order valence-electron chi connectivity index (χ4n) is 2.05. The van der Waals surface area contributed by atoms with Crippen LogP contribution in [0, 0.1) is 12.8 Å². The number of aryl methyl sites for hydroxylation is 1. The summed E-state index contributed by atoms with van der Waals surface area (Å²) in [7, 11) is 0. The standard InChI is InChI=1S/C17H28N2O.ClH/c1-6-13(3)15(18)16(20)19-11-17(4,5)14-9-7-12(2)8-10-14;/h7-10,13,15H,6,11,18H2,1-5H3,(H,19,20);1H. The number of benzene rings is 1. The number of amides is 1. The van der Waals surface area contributed by atoms with Gasteiger partial charge < -0.3 is 11.1 Å². The van der Waals surface area contributed by atoms with Crippen molar-refractivity contribution in [3.63, 3.8) is 0 Å². The zero-order valence-corrected chi connectivity index (χ0v) is 14.6. The molecule has 120 valence electrons. The van der Waals surface area contributed by atoms with E-state index in [1.807, 2.05) is 13.8 Å². The lowest BCUT2D eigenvalue weighted by Gasteiger charge is -2.27. The molecule has 0 aliphatic rings. The van der Waals surface area contributed by atoms with Gasteiger partial charge in [-0.05, 0) is 18.4 Å². The van der Waals surface area contributed by atoms with E-state index in [4.69, 9.17) is 5.73 Å². The summed E-state index contributed by atoms with van der Waals surface area (Å²) in [6.45, 7) is 11.0. The Morgan fingerprint density at radius 1 is 1.29 bits per heavy atom. The van der Waals surface area contributed by atoms with Crippen molar-refractivity contribution in [3.8, 4) is 0 Å². The van der Waals surface area contributed by atoms with Crippen molar-refractivity contribution in [1.29, 1.82) is 0 Å². The van der Waals surface area contributed by atoms with Gasteiger partial charge in [-0.25, -0.2) is 0 Å². The van der Waals surface area contributed by atoms with E-state index in [1.54, 1.807) is 0 Å². The molecule has 3 N–H and O–H groups in total. The number of hydrogen-bond acceptors (Lipinski definition) is 2. The van der Waals surface area contributed by atoms with Crippen LogP contribution in [-0.2, 0) is 10.2 Å². The number of halogens is 1. The Balaban J connectivity index is 0.00000400. The van der Waals surface area contributed by atoms with Crippen LogP contribution >= 0.6 is 12.4 Å². The number of nitrogens with two attached hydrogens (primary N) is 1. The van der Waals surface area contributed by atoms with Crippen LogP contribution in [0.3, 0.4) is 0 Å². The normalized spacial score (nSPS) is 14.0. The fourth-order valence-corrected chi connectivity index (χ4v) is 2.05. The van der Waals surface area contributed by atoms with Crippen LogP contribution in [0.25, 0.3) is 0 Å². The highest BCUT2D eigenvalue weighted by Gasteiger charge is 2.24. The Morgan fingerprint density at radius 3 is 2.29 bits per heavy atom. The van der Waals surface area contributed by atoms with Crippen LogP contribution in [-0.4, -0.2) is 18.5 Å². The number of hydrogen-bond donors (Lipinski definition) is 2. The first-order chi connectivity index (χ1) is 9.27. The molecule has 3 nitrogen and oxygen atoms in total. The summed E-state index contributed by atoms with van der Waals surface area (Å²) in [5.74, 6) is 0.150. The molecule has 1 amide bonds. The monoisotopic (exact) mass is 312 g/mol. The van der Waals surface area contributed by atoms with E-state index >= 15 is 0 Å². The summed E-state index contributed by atoms with van der Waals surface area (Å²) in [6, 6.07) is 8.02. The van der Waals surface area contributed by atoms with Gasteiger partial charge in [0, 0.05) is 12.0 Å². The molecule has 4 heteroatoms. The molecular formula is C17H29ClN2O. The number of carbonyl (C=O) groups excluding carboxylic acids is 1. The van der Waals surface area contributed by atoms with Gasteiger partial charge in [-0.2, -0.15) is 0 Å². The molecule has 0 saturated carbocycles. The number of nitrogens with one attached hydrogen (secondary N) is 1. The summed E-state index contributed by atoms with van der Waals surface area (Å²) < 4.78 is 0. The van der Waals surface area contributed by atoms with Gasteiger partial charge in [0.15, 0.2) is 0 Å². The SMILES string of the molecule is CCC(C)C(N)C(=O)NCC(C)(C)c1ccc(C)cc1.Cl. The molecule has 2 unspecified atom stereocenters. The maximum Gasteiger partial charge on any atom is 0.237 e. The van der Waals surface area contributed by atoms with Crippen LogP contribution in [0.15, 0.2) is 24.3 Å². The molecule has 0 aliphatic heterocycles. The molecule has 1 rings (SSSR count). The topological polar surface area (TPSA) is 55.1 Å². The minimum absolute atomic E-state index is 0. The van der Waals surface area contributed by atoms with Crippen LogP contribution in [0.4, 0.5) is 0 Å². The lowest BCUT2D eigenvalue weighted by Crippen LogP contribution is -2.47. The first kappa shape index (κ1) is 19.9. The molecule has 0 radical (unpaired) electrons. The summed E-state index contributed by atoms with van der Waals surface area (Å²) in [6.07, 6.45) is 0.913. The van der Waals surface area contributed by atoms with Crippen molar-refractivity contribution >= 4 is 18.3 Å². The predicted molar refractivity (Wildman–Crippen MR) is 91.9 cm³/mol. The number of rotatable bonds is 6. The molecule has 0 saturated heterocycles. The van der Waals surface area contributed by atoms with Crippen molar-refractivity contribution < 1.29 is 4.79 Å². The number of carbonyl (C=O) groups is 1. The molecule has 0 bridgehead atoms. The Morgan fingerprint density at radius 2 is 1.81 bits per heavy atom. The predicted octanol–water partition coefficient (Wildman–Crippen LogP) is 3.18. The van der Waals surface area contributed by atoms with Gasteiger partial charge in [0.05, 0.1) is 6.04 Å². The van der Waals surface area contributed by atoms with Gasteiger partial charge >= 0.3 is 0 Å². The molecule has 0 fully saturated rings. The Hall–Kier alpha value is -1.06. The molecule has 0 heterocycles. The third kappa shape index (κ3) is 5.68. The maximum absolute atomic E-state index is 12.0. The average molecular weight is 313 g/mol. The van der Waals surface area contributed by atoms with Crippen LogP contribution in [0.1, 0.15) is 45.2 Å². The van der Waals surface area contributed by atoms with E-state index in [0.717, 1.165) is 6.42 Å². The van der Waals surface area contributed by atoms with Gasteiger partial charge in [0.25, 0.3) is 0 Å². The van der Waals surface area contributed by atoms with Crippen LogP contribution in [0.5, 0.6) is 0 Å². The highest BCUT2D eigenvalue weighted by Crippen LogP contribution is 2.22. The third-order valence-electron chi connectivity index (χ3n) is 4.10. The third-order valence-corrected chi connectivity index (χ3v) is 4.10. The molecule has 2 atom stereocenters. The van der Waals surface area contributed by atoms with Gasteiger partial charge in [-0.3, -0.25) is 4.79 Å². The van der Waals surface area contributed by atoms with E-state index in [2.05, 4.69) is 50.4 Å². The lowest BCUT2D eigenvalue weighted by molar-refractivity contribution is -0.123. The smallest absolute Gasteiger partial charge is 0.237 e. The minimum atomic E-state index is -0.422. The first-order valence-corrected chi connectivity index (χ1v) is 7.38. The molecule has 0 spiro atoms. The second-order valence-corrected chi connectivity index (χ2v) is 6.38. The highest BCUT2D eigenvalue weighted by atomic mass is 35.5. The quantitative estimate of drug-likeness (QED) is 0.847. The van der Waals surface area contributed by atoms with Crippen molar-refractivity contribution in [2.24, 2.45) is 11.7 Å². The van der Waals surface area contributed by atoms with Crippen molar-refractivity contribution in [3.05, 3.63) is 35.4 Å². The summed E-state index contributed by atoms with van der Waals surface area (Å²) in [4.78, 5) is 12.0.